The van der Waals surface area contributed by atoms with Crippen LogP contribution < -0.4 is 5.73 Å². The van der Waals surface area contributed by atoms with Crippen LogP contribution in [0.1, 0.15) is 102 Å². The van der Waals surface area contributed by atoms with E-state index in [1.165, 1.54) is 81.8 Å². The lowest BCUT2D eigenvalue weighted by atomic mass is 9.69. The van der Waals surface area contributed by atoms with Gasteiger partial charge in [0.2, 0.25) is 0 Å². The molecule has 0 aromatic heterocycles. The Balaban J connectivity index is 1.76. The molecule has 0 bridgehead atoms. The van der Waals surface area contributed by atoms with Gasteiger partial charge in [-0.2, -0.15) is 0 Å². The molecular formula is C28H43N. The van der Waals surface area contributed by atoms with Crippen molar-refractivity contribution in [2.45, 2.75) is 102 Å². The first-order valence-corrected chi connectivity index (χ1v) is 12.1. The van der Waals surface area contributed by atoms with Gasteiger partial charge in [-0.25, -0.2) is 0 Å². The summed E-state index contributed by atoms with van der Waals surface area (Å²) in [5.41, 5.74) is 9.34. The van der Waals surface area contributed by atoms with Gasteiger partial charge < -0.3 is 5.73 Å². The Hall–Kier alpha value is -1.60. The molecule has 0 radical (unpaired) electrons. The third-order valence-electron chi connectivity index (χ3n) is 6.61. The van der Waals surface area contributed by atoms with Gasteiger partial charge in [0.15, 0.2) is 0 Å². The highest BCUT2D eigenvalue weighted by molar-refractivity contribution is 5.40. The summed E-state index contributed by atoms with van der Waals surface area (Å²) in [6, 6.07) is 21.7. The minimum atomic E-state index is -0.138. The van der Waals surface area contributed by atoms with E-state index in [1.54, 1.807) is 0 Å². The normalized spacial score (nSPS) is 12.8. The molecule has 160 valence electrons. The van der Waals surface area contributed by atoms with Gasteiger partial charge in [-0.3, -0.25) is 0 Å². The third kappa shape index (κ3) is 7.63. The van der Waals surface area contributed by atoms with E-state index >= 15 is 0 Å². The van der Waals surface area contributed by atoms with Crippen molar-refractivity contribution < 1.29 is 0 Å². The van der Waals surface area contributed by atoms with Crippen LogP contribution in [0.25, 0.3) is 0 Å². The van der Waals surface area contributed by atoms with Crippen molar-refractivity contribution in [3.05, 3.63) is 71.8 Å². The number of benzene rings is 2. The van der Waals surface area contributed by atoms with Crippen LogP contribution >= 0.6 is 0 Å². The molecule has 1 heteroatoms. The highest BCUT2D eigenvalue weighted by atomic mass is 14.7. The Labute approximate surface area is 180 Å². The van der Waals surface area contributed by atoms with Gasteiger partial charge in [0, 0.05) is 11.5 Å². The summed E-state index contributed by atoms with van der Waals surface area (Å²) in [5, 5.41) is 0. The average Bonchev–Trinajstić information content (AvgIpc) is 2.78. The van der Waals surface area contributed by atoms with E-state index in [2.05, 4.69) is 74.5 Å². The Morgan fingerprint density at radius 2 is 1.00 bits per heavy atom. The highest BCUT2D eigenvalue weighted by Crippen LogP contribution is 2.36. The highest BCUT2D eigenvalue weighted by Gasteiger charge is 2.34. The molecule has 2 aromatic carbocycles. The molecule has 0 aliphatic carbocycles. The minimum absolute atomic E-state index is 0.130. The molecule has 0 aliphatic rings. The predicted octanol–water partition coefficient (Wildman–Crippen LogP) is 8.02. The van der Waals surface area contributed by atoms with Crippen molar-refractivity contribution in [1.82, 2.24) is 0 Å². The van der Waals surface area contributed by atoms with Gasteiger partial charge in [0.05, 0.1) is 0 Å². The summed E-state index contributed by atoms with van der Waals surface area (Å²) in [6.07, 6.45) is 16.2. The molecule has 2 rings (SSSR count). The number of hydrogen-bond acceptors (Lipinski definition) is 1. The van der Waals surface area contributed by atoms with Crippen LogP contribution in [0.4, 0.5) is 0 Å². The largest absolute Gasteiger partial charge is 0.327 e. The van der Waals surface area contributed by atoms with E-state index < -0.39 is 0 Å². The van der Waals surface area contributed by atoms with Gasteiger partial charge in [-0.1, -0.05) is 138 Å². The Bertz CT molecular complexity index is 594. The van der Waals surface area contributed by atoms with E-state index in [1.807, 2.05) is 0 Å². The summed E-state index contributed by atoms with van der Waals surface area (Å²) in [5.74, 6) is 0. The van der Waals surface area contributed by atoms with Crippen LogP contribution in [0.5, 0.6) is 0 Å². The molecule has 1 atom stereocenters. The zero-order valence-electron chi connectivity index (χ0n) is 18.9. The zero-order chi connectivity index (χ0) is 20.8. The van der Waals surface area contributed by atoms with Crippen LogP contribution in [0.3, 0.4) is 0 Å². The molecule has 1 nitrogen and oxygen atoms in total. The molecule has 2 aromatic rings. The monoisotopic (exact) mass is 393 g/mol. The van der Waals surface area contributed by atoms with Crippen molar-refractivity contribution in [3.63, 3.8) is 0 Å². The molecule has 1 unspecified atom stereocenters. The van der Waals surface area contributed by atoms with Gasteiger partial charge in [-0.05, 0) is 24.5 Å². The van der Waals surface area contributed by atoms with Crippen LogP contribution in [0.15, 0.2) is 60.7 Å². The van der Waals surface area contributed by atoms with Crippen molar-refractivity contribution in [2.24, 2.45) is 5.73 Å². The lowest BCUT2D eigenvalue weighted by Crippen LogP contribution is -2.44. The number of unbranched alkanes of at least 4 members (excludes halogenated alkanes) is 10. The van der Waals surface area contributed by atoms with Crippen molar-refractivity contribution >= 4 is 0 Å². The third-order valence-corrected chi connectivity index (χ3v) is 6.61. The molecule has 0 saturated carbocycles. The molecule has 2 N–H and O–H groups in total. The summed E-state index contributed by atoms with van der Waals surface area (Å²) in [7, 11) is 0. The summed E-state index contributed by atoms with van der Waals surface area (Å²) in [6.45, 7) is 4.61. The Kier molecular flexibility index (Phi) is 11.1. The van der Waals surface area contributed by atoms with Crippen LogP contribution in [-0.4, -0.2) is 6.04 Å². The molecule has 0 spiro atoms. The fourth-order valence-electron chi connectivity index (χ4n) is 4.48. The lowest BCUT2D eigenvalue weighted by Gasteiger charge is -2.37. The first-order valence-electron chi connectivity index (χ1n) is 12.1. The average molecular weight is 394 g/mol. The minimum Gasteiger partial charge on any atom is -0.327 e. The van der Waals surface area contributed by atoms with Gasteiger partial charge in [0.1, 0.15) is 0 Å². The maximum atomic E-state index is 6.84. The van der Waals surface area contributed by atoms with E-state index in [0.717, 1.165) is 6.42 Å². The van der Waals surface area contributed by atoms with Crippen LogP contribution in [0, 0.1) is 0 Å². The maximum absolute atomic E-state index is 6.84. The number of rotatable bonds is 15. The molecule has 0 saturated heterocycles. The first kappa shape index (κ1) is 23.7. The molecule has 29 heavy (non-hydrogen) atoms. The SMILES string of the molecule is CCCCCCCCCCCCCC(N)C(C)(c1ccccc1)c1ccccc1. The van der Waals surface area contributed by atoms with E-state index in [9.17, 15) is 0 Å². The quantitative estimate of drug-likeness (QED) is 0.305. The standard InChI is InChI=1S/C28H43N/c1-3-4-5-6-7-8-9-10-11-12-19-24-27(29)28(2,25-20-15-13-16-21-25)26-22-17-14-18-23-26/h13-18,20-23,27H,3-12,19,24,29H2,1-2H3. The van der Waals surface area contributed by atoms with Crippen molar-refractivity contribution in [3.8, 4) is 0 Å². The van der Waals surface area contributed by atoms with Crippen LogP contribution in [0.2, 0.25) is 0 Å². The maximum Gasteiger partial charge on any atom is 0.0325 e. The van der Waals surface area contributed by atoms with Gasteiger partial charge >= 0.3 is 0 Å². The second-order valence-corrected chi connectivity index (χ2v) is 8.87. The topological polar surface area (TPSA) is 26.0 Å². The molecular weight excluding hydrogens is 350 g/mol. The second kappa shape index (κ2) is 13.6. The predicted molar refractivity (Wildman–Crippen MR) is 128 cm³/mol. The molecule has 0 amide bonds. The Morgan fingerprint density at radius 1 is 0.621 bits per heavy atom. The van der Waals surface area contributed by atoms with Crippen molar-refractivity contribution in [2.75, 3.05) is 0 Å². The van der Waals surface area contributed by atoms with Gasteiger partial charge in [0.25, 0.3) is 0 Å². The number of nitrogens with two attached hydrogens (primary N) is 1. The molecule has 0 aliphatic heterocycles. The van der Waals surface area contributed by atoms with E-state index in [4.69, 9.17) is 5.73 Å². The van der Waals surface area contributed by atoms with E-state index in [0.29, 0.717) is 0 Å². The fraction of sp³-hybridized carbons (Fsp3) is 0.571. The molecule has 0 heterocycles. The summed E-state index contributed by atoms with van der Waals surface area (Å²) < 4.78 is 0. The lowest BCUT2D eigenvalue weighted by molar-refractivity contribution is 0.401. The van der Waals surface area contributed by atoms with Crippen LogP contribution in [-0.2, 0) is 5.41 Å². The van der Waals surface area contributed by atoms with E-state index in [-0.39, 0.29) is 11.5 Å². The molecule has 0 fully saturated rings. The summed E-state index contributed by atoms with van der Waals surface area (Å²) >= 11 is 0. The first-order chi connectivity index (χ1) is 14.2. The Morgan fingerprint density at radius 3 is 1.41 bits per heavy atom. The second-order valence-electron chi connectivity index (χ2n) is 8.87. The van der Waals surface area contributed by atoms with Crippen molar-refractivity contribution in [1.29, 1.82) is 0 Å². The zero-order valence-corrected chi connectivity index (χ0v) is 18.9. The fourth-order valence-corrected chi connectivity index (χ4v) is 4.48. The summed E-state index contributed by atoms with van der Waals surface area (Å²) in [4.78, 5) is 0. The smallest absolute Gasteiger partial charge is 0.0325 e. The van der Waals surface area contributed by atoms with Gasteiger partial charge in [-0.15, -0.1) is 0 Å². The number of hydrogen-bond donors (Lipinski definition) is 1.